The number of guanidine groups is 1. The molecule has 0 bridgehead atoms. The van der Waals surface area contributed by atoms with Gasteiger partial charge in [-0.2, -0.15) is 0 Å². The number of ether oxygens (including phenoxy) is 1. The summed E-state index contributed by atoms with van der Waals surface area (Å²) in [5.74, 6) is 1.34. The number of rotatable bonds is 3. The molecule has 0 radical (unpaired) electrons. The first kappa shape index (κ1) is 19.7. The average molecular weight is 428 g/mol. The van der Waals surface area contributed by atoms with Gasteiger partial charge in [0.2, 0.25) is 11.9 Å². The number of carbonyl (C=O) groups is 1. The van der Waals surface area contributed by atoms with Crippen molar-refractivity contribution in [3.63, 3.8) is 0 Å². The Morgan fingerprint density at radius 1 is 1.24 bits per heavy atom. The first-order chi connectivity index (χ1) is 13.9. The fourth-order valence-corrected chi connectivity index (χ4v) is 4.86. The quantitative estimate of drug-likeness (QED) is 0.647. The van der Waals surface area contributed by atoms with Crippen molar-refractivity contribution in [1.29, 1.82) is 0 Å². The Kier molecular flexibility index (Phi) is 5.00. The second-order valence-electron chi connectivity index (χ2n) is 7.34. The first-order valence-corrected chi connectivity index (χ1v) is 10.5. The summed E-state index contributed by atoms with van der Waals surface area (Å²) in [4.78, 5) is 18.4. The lowest BCUT2D eigenvalue weighted by Crippen LogP contribution is -2.58. The van der Waals surface area contributed by atoms with Gasteiger partial charge in [0.25, 0.3) is 0 Å². The molecule has 1 saturated heterocycles. The molecule has 3 aromatic rings. The number of aliphatic imine (C=N–C) groups is 1. The van der Waals surface area contributed by atoms with E-state index in [4.69, 9.17) is 16.3 Å². The lowest BCUT2D eigenvalue weighted by atomic mass is 9.84. The van der Waals surface area contributed by atoms with Gasteiger partial charge in [-0.3, -0.25) is 14.7 Å². The van der Waals surface area contributed by atoms with Crippen LogP contribution in [0.2, 0.25) is 5.02 Å². The van der Waals surface area contributed by atoms with E-state index >= 15 is 0 Å². The number of benzene rings is 2. The highest BCUT2D eigenvalue weighted by Crippen LogP contribution is 2.41. The van der Waals surface area contributed by atoms with E-state index in [9.17, 15) is 4.79 Å². The molecule has 1 atom stereocenters. The van der Waals surface area contributed by atoms with Gasteiger partial charge in [-0.25, -0.2) is 0 Å². The van der Waals surface area contributed by atoms with E-state index in [0.29, 0.717) is 17.4 Å². The van der Waals surface area contributed by atoms with E-state index in [1.165, 1.54) is 0 Å². The molecule has 1 aliphatic rings. The van der Waals surface area contributed by atoms with Crippen LogP contribution in [0.4, 0.5) is 0 Å². The maximum absolute atomic E-state index is 12.6. The van der Waals surface area contributed by atoms with Crippen molar-refractivity contribution in [2.45, 2.75) is 18.9 Å². The van der Waals surface area contributed by atoms with E-state index in [0.717, 1.165) is 32.5 Å². The number of amides is 1. The molecule has 1 fully saturated rings. The number of halogens is 1. The van der Waals surface area contributed by atoms with Gasteiger partial charge < -0.3 is 10.1 Å². The van der Waals surface area contributed by atoms with Crippen molar-refractivity contribution in [3.05, 3.63) is 52.4 Å². The third-order valence-corrected chi connectivity index (χ3v) is 6.74. The van der Waals surface area contributed by atoms with Gasteiger partial charge in [-0.05, 0) is 59.7 Å². The molecule has 0 saturated carbocycles. The first-order valence-electron chi connectivity index (χ1n) is 9.23. The number of methoxy groups -OCH3 is 1. The Hall–Kier alpha value is -2.57. The van der Waals surface area contributed by atoms with E-state index in [1.54, 1.807) is 37.4 Å². The van der Waals surface area contributed by atoms with Gasteiger partial charge in [0.05, 0.1) is 19.1 Å². The van der Waals surface area contributed by atoms with E-state index in [-0.39, 0.29) is 5.91 Å². The van der Waals surface area contributed by atoms with Crippen molar-refractivity contribution >= 4 is 44.9 Å². The highest BCUT2D eigenvalue weighted by Gasteiger charge is 2.38. The topological polar surface area (TPSA) is 53.9 Å². The molecule has 29 heavy (non-hydrogen) atoms. The zero-order chi connectivity index (χ0) is 20.8. The minimum atomic E-state index is -0.575. The summed E-state index contributed by atoms with van der Waals surface area (Å²) in [5.41, 5.74) is 2.38. The summed E-state index contributed by atoms with van der Waals surface area (Å²) >= 11 is 8.24. The third-order valence-electron chi connectivity index (χ3n) is 5.45. The van der Waals surface area contributed by atoms with Crippen molar-refractivity contribution in [2.75, 3.05) is 21.2 Å². The predicted molar refractivity (Wildman–Crippen MR) is 120 cm³/mol. The number of hydrogen-bond donors (Lipinski definition) is 1. The number of hydrogen-bond acceptors (Lipinski definition) is 4. The zero-order valence-electron chi connectivity index (χ0n) is 16.7. The van der Waals surface area contributed by atoms with Crippen molar-refractivity contribution in [3.8, 4) is 16.9 Å². The van der Waals surface area contributed by atoms with Crippen molar-refractivity contribution in [2.24, 2.45) is 4.99 Å². The van der Waals surface area contributed by atoms with Crippen LogP contribution in [0.5, 0.6) is 5.75 Å². The van der Waals surface area contributed by atoms with Crippen LogP contribution in [0.25, 0.3) is 21.2 Å². The Bertz CT molecular complexity index is 1140. The standard InChI is InChI=1S/C22H22ClN3O2S/c1-22(12-19(27)26(3)21(24-2)25-22)14-9-13-7-8-29-20(13)17(10-14)16-11-15(28-4)5-6-18(16)23/h5-11H,12H2,1-4H3,(H,24,25)/t22-/m0/s1. The lowest BCUT2D eigenvalue weighted by molar-refractivity contribution is -0.129. The van der Waals surface area contributed by atoms with Crippen LogP contribution in [-0.4, -0.2) is 38.0 Å². The van der Waals surface area contributed by atoms with Crippen LogP contribution in [0.3, 0.4) is 0 Å². The molecule has 7 heteroatoms. The molecule has 0 aliphatic carbocycles. The molecule has 1 aromatic heterocycles. The van der Waals surface area contributed by atoms with Gasteiger partial charge >= 0.3 is 0 Å². The SMILES string of the molecule is CN=C1N[C@](C)(c2cc(-c3cc(OC)ccc3Cl)c3sccc3c2)CC(=O)N1C. The number of nitrogens with zero attached hydrogens (tertiary/aromatic N) is 2. The van der Waals surface area contributed by atoms with E-state index in [2.05, 4.69) is 33.9 Å². The largest absolute Gasteiger partial charge is 0.497 e. The summed E-state index contributed by atoms with van der Waals surface area (Å²) in [5, 5.41) is 7.29. The van der Waals surface area contributed by atoms with Gasteiger partial charge in [0, 0.05) is 34.9 Å². The average Bonchev–Trinajstić information content (AvgIpc) is 3.19. The van der Waals surface area contributed by atoms with Crippen LogP contribution >= 0.6 is 22.9 Å². The van der Waals surface area contributed by atoms with Gasteiger partial charge in [0.15, 0.2) is 0 Å². The molecule has 5 nitrogen and oxygen atoms in total. The Balaban J connectivity index is 1.92. The summed E-state index contributed by atoms with van der Waals surface area (Å²) in [6.07, 6.45) is 0.337. The Morgan fingerprint density at radius 2 is 2.03 bits per heavy atom. The monoisotopic (exact) mass is 427 g/mol. The van der Waals surface area contributed by atoms with E-state index in [1.807, 2.05) is 25.1 Å². The van der Waals surface area contributed by atoms with Crippen LogP contribution < -0.4 is 10.1 Å². The molecule has 2 aromatic carbocycles. The van der Waals surface area contributed by atoms with Crippen LogP contribution in [0.1, 0.15) is 18.9 Å². The van der Waals surface area contributed by atoms with E-state index < -0.39 is 5.54 Å². The second kappa shape index (κ2) is 7.35. The maximum atomic E-state index is 12.6. The minimum absolute atomic E-state index is 0.0261. The molecule has 150 valence electrons. The van der Waals surface area contributed by atoms with Crippen molar-refractivity contribution < 1.29 is 9.53 Å². The van der Waals surface area contributed by atoms with Gasteiger partial charge in [0.1, 0.15) is 5.75 Å². The molecular formula is C22H22ClN3O2S. The predicted octanol–water partition coefficient (Wildman–Crippen LogP) is 4.88. The molecule has 1 N–H and O–H groups in total. The highest BCUT2D eigenvalue weighted by atomic mass is 35.5. The Morgan fingerprint density at radius 3 is 2.76 bits per heavy atom. The zero-order valence-corrected chi connectivity index (χ0v) is 18.3. The van der Waals surface area contributed by atoms with Gasteiger partial charge in [-0.1, -0.05) is 11.6 Å². The molecule has 2 heterocycles. The summed E-state index contributed by atoms with van der Waals surface area (Å²) in [6.45, 7) is 2.04. The number of nitrogens with one attached hydrogen (secondary N) is 1. The molecule has 0 spiro atoms. The summed E-state index contributed by atoms with van der Waals surface area (Å²) in [7, 11) is 5.06. The van der Waals surface area contributed by atoms with Crippen LogP contribution in [0, 0.1) is 0 Å². The molecular weight excluding hydrogens is 406 g/mol. The molecule has 1 aliphatic heterocycles. The number of fused-ring (bicyclic) bond motifs is 1. The molecule has 1 amide bonds. The van der Waals surface area contributed by atoms with Gasteiger partial charge in [-0.15, -0.1) is 11.3 Å². The normalized spacial score (nSPS) is 20.9. The molecule has 0 unspecified atom stereocenters. The second-order valence-corrected chi connectivity index (χ2v) is 8.67. The van der Waals surface area contributed by atoms with Crippen LogP contribution in [0.15, 0.2) is 46.8 Å². The summed E-state index contributed by atoms with van der Waals surface area (Å²) < 4.78 is 6.56. The minimum Gasteiger partial charge on any atom is -0.497 e. The maximum Gasteiger partial charge on any atom is 0.231 e. The number of carbonyl (C=O) groups excluding carboxylic acids is 1. The fourth-order valence-electron chi connectivity index (χ4n) is 3.73. The van der Waals surface area contributed by atoms with Crippen molar-refractivity contribution in [1.82, 2.24) is 10.2 Å². The highest BCUT2D eigenvalue weighted by molar-refractivity contribution is 7.17. The lowest BCUT2D eigenvalue weighted by Gasteiger charge is -2.40. The van der Waals surface area contributed by atoms with Crippen LogP contribution in [-0.2, 0) is 10.3 Å². The third kappa shape index (κ3) is 3.36. The molecule has 4 rings (SSSR count). The smallest absolute Gasteiger partial charge is 0.231 e. The summed E-state index contributed by atoms with van der Waals surface area (Å²) in [6, 6.07) is 12.0. The Labute approximate surface area is 179 Å². The number of thiophene rings is 1. The fraction of sp³-hybridized carbons (Fsp3) is 0.273.